The molecule has 3 atom stereocenters. The van der Waals surface area contributed by atoms with Gasteiger partial charge in [0.25, 0.3) is 0 Å². The molecule has 0 bridgehead atoms. The summed E-state index contributed by atoms with van der Waals surface area (Å²) in [6, 6.07) is 10.3. The van der Waals surface area contributed by atoms with Crippen molar-refractivity contribution in [3.05, 3.63) is 35.9 Å². The second kappa shape index (κ2) is 8.19. The number of hydrogen-bond acceptors (Lipinski definition) is 3. The molecule has 1 saturated heterocycles. The van der Waals surface area contributed by atoms with Gasteiger partial charge in [0.2, 0.25) is 0 Å². The molecule has 0 N–H and O–H groups in total. The van der Waals surface area contributed by atoms with Crippen LogP contribution in [0.5, 0.6) is 0 Å². The first-order valence-electron chi connectivity index (χ1n) is 6.69. The first kappa shape index (κ1) is 15.2. The molecule has 1 aromatic rings. The van der Waals surface area contributed by atoms with Gasteiger partial charge in [0.15, 0.2) is 6.29 Å². The van der Waals surface area contributed by atoms with Crippen LogP contribution >= 0.6 is 22.6 Å². The fourth-order valence-corrected chi connectivity index (χ4v) is 3.30. The van der Waals surface area contributed by atoms with E-state index in [2.05, 4.69) is 34.7 Å². The third-order valence-corrected chi connectivity index (χ3v) is 4.38. The van der Waals surface area contributed by atoms with Crippen molar-refractivity contribution in [3.8, 4) is 0 Å². The Morgan fingerprint density at radius 3 is 2.79 bits per heavy atom. The molecular weight excluding hydrogens is 355 g/mol. The van der Waals surface area contributed by atoms with E-state index in [0.29, 0.717) is 18.6 Å². The van der Waals surface area contributed by atoms with Crippen LogP contribution < -0.4 is 0 Å². The quantitative estimate of drug-likeness (QED) is 0.415. The van der Waals surface area contributed by atoms with Crippen molar-refractivity contribution in [3.63, 3.8) is 0 Å². The van der Waals surface area contributed by atoms with Gasteiger partial charge in [-0.05, 0) is 17.9 Å². The second-order valence-corrected chi connectivity index (χ2v) is 5.70. The highest BCUT2D eigenvalue weighted by Crippen LogP contribution is 2.30. The lowest BCUT2D eigenvalue weighted by atomic mass is 9.99. The van der Waals surface area contributed by atoms with Crippen molar-refractivity contribution >= 4 is 22.6 Å². The van der Waals surface area contributed by atoms with Crippen LogP contribution in [0.15, 0.2) is 30.3 Å². The summed E-state index contributed by atoms with van der Waals surface area (Å²) in [5.41, 5.74) is 1.23. The van der Waals surface area contributed by atoms with Gasteiger partial charge in [-0.2, -0.15) is 0 Å². The number of hydrogen-bond donors (Lipinski definition) is 0. The molecule has 0 saturated carbocycles. The molecule has 4 heteroatoms. The predicted molar refractivity (Wildman–Crippen MR) is 83.4 cm³/mol. The summed E-state index contributed by atoms with van der Waals surface area (Å²) in [5.74, 6) is 0.553. The molecule has 3 nitrogen and oxygen atoms in total. The predicted octanol–water partition coefficient (Wildman–Crippen LogP) is 3.41. The third kappa shape index (κ3) is 4.70. The standard InChI is InChI=1S/C15H21IO3/c1-17-15-9-13(14(10-16)19-15)7-8-18-11-12-5-3-2-4-6-12/h2-6,13-15H,7-11H2,1H3/t13-,14+,15?/m0/s1. The Bertz CT molecular complexity index is 358. The largest absolute Gasteiger partial charge is 0.377 e. The average Bonchev–Trinajstić information content (AvgIpc) is 2.87. The van der Waals surface area contributed by atoms with Crippen LogP contribution in [0, 0.1) is 5.92 Å². The summed E-state index contributed by atoms with van der Waals surface area (Å²) in [6.45, 7) is 1.48. The molecule has 0 radical (unpaired) electrons. The monoisotopic (exact) mass is 376 g/mol. The molecule has 1 aliphatic rings. The summed E-state index contributed by atoms with van der Waals surface area (Å²) in [4.78, 5) is 0. The Balaban J connectivity index is 1.68. The zero-order valence-corrected chi connectivity index (χ0v) is 13.4. The van der Waals surface area contributed by atoms with Gasteiger partial charge in [0.05, 0.1) is 12.7 Å². The molecule has 0 spiro atoms. The maximum atomic E-state index is 5.80. The third-order valence-electron chi connectivity index (χ3n) is 3.51. The zero-order chi connectivity index (χ0) is 13.5. The SMILES string of the molecule is COC1C[C@H](CCOCc2ccccc2)[C@@H](CI)O1. The summed E-state index contributed by atoms with van der Waals surface area (Å²) < 4.78 is 17.8. The number of methoxy groups -OCH3 is 1. The van der Waals surface area contributed by atoms with Crippen molar-refractivity contribution in [2.24, 2.45) is 5.92 Å². The van der Waals surface area contributed by atoms with E-state index in [-0.39, 0.29) is 6.29 Å². The van der Waals surface area contributed by atoms with Crippen molar-refractivity contribution in [2.75, 3.05) is 18.1 Å². The molecule has 1 aliphatic heterocycles. The maximum Gasteiger partial charge on any atom is 0.157 e. The van der Waals surface area contributed by atoms with Gasteiger partial charge in [-0.25, -0.2) is 0 Å². The van der Waals surface area contributed by atoms with Crippen molar-refractivity contribution in [2.45, 2.75) is 31.8 Å². The van der Waals surface area contributed by atoms with E-state index in [1.807, 2.05) is 18.2 Å². The van der Waals surface area contributed by atoms with Crippen molar-refractivity contribution < 1.29 is 14.2 Å². The molecule has 0 aromatic heterocycles. The Kier molecular flexibility index (Phi) is 6.56. The van der Waals surface area contributed by atoms with E-state index in [4.69, 9.17) is 14.2 Å². The molecule has 0 aliphatic carbocycles. The Morgan fingerprint density at radius 2 is 2.11 bits per heavy atom. The van der Waals surface area contributed by atoms with Gasteiger partial charge in [-0.3, -0.25) is 0 Å². The smallest absolute Gasteiger partial charge is 0.157 e. The molecule has 1 heterocycles. The highest BCUT2D eigenvalue weighted by molar-refractivity contribution is 14.1. The van der Waals surface area contributed by atoms with Crippen LogP contribution in [-0.4, -0.2) is 30.5 Å². The Labute approximate surface area is 128 Å². The number of halogens is 1. The van der Waals surface area contributed by atoms with Crippen molar-refractivity contribution in [1.29, 1.82) is 0 Å². The lowest BCUT2D eigenvalue weighted by Gasteiger charge is -2.15. The normalized spacial score (nSPS) is 26.7. The highest BCUT2D eigenvalue weighted by atomic mass is 127. The van der Waals surface area contributed by atoms with E-state index < -0.39 is 0 Å². The molecule has 0 amide bonds. The van der Waals surface area contributed by atoms with Gasteiger partial charge in [-0.15, -0.1) is 0 Å². The molecule has 106 valence electrons. The van der Waals surface area contributed by atoms with E-state index in [1.165, 1.54) is 5.56 Å². The summed E-state index contributed by atoms with van der Waals surface area (Å²) >= 11 is 2.38. The first-order chi connectivity index (χ1) is 9.33. The summed E-state index contributed by atoms with van der Waals surface area (Å²) in [5, 5.41) is 0. The number of ether oxygens (including phenoxy) is 3. The van der Waals surface area contributed by atoms with Gasteiger partial charge in [0.1, 0.15) is 0 Å². The first-order valence-corrected chi connectivity index (χ1v) is 8.22. The Hall–Kier alpha value is -0.170. The van der Waals surface area contributed by atoms with Gasteiger partial charge >= 0.3 is 0 Å². The molecule has 1 fully saturated rings. The van der Waals surface area contributed by atoms with E-state index in [9.17, 15) is 0 Å². The summed E-state index contributed by atoms with van der Waals surface area (Å²) in [7, 11) is 1.71. The lowest BCUT2D eigenvalue weighted by molar-refractivity contribution is -0.109. The molecule has 1 unspecified atom stereocenters. The minimum atomic E-state index is -0.0288. The highest BCUT2D eigenvalue weighted by Gasteiger charge is 2.33. The molecule has 19 heavy (non-hydrogen) atoms. The molecule has 1 aromatic carbocycles. The van der Waals surface area contributed by atoms with Gasteiger partial charge in [0, 0.05) is 24.6 Å². The van der Waals surface area contributed by atoms with E-state index in [1.54, 1.807) is 7.11 Å². The van der Waals surface area contributed by atoms with Crippen LogP contribution in [-0.2, 0) is 20.8 Å². The molecule has 2 rings (SSSR count). The number of alkyl halides is 1. The van der Waals surface area contributed by atoms with Crippen LogP contribution in [0.3, 0.4) is 0 Å². The van der Waals surface area contributed by atoms with Crippen LogP contribution in [0.2, 0.25) is 0 Å². The number of rotatable bonds is 7. The number of benzene rings is 1. The summed E-state index contributed by atoms with van der Waals surface area (Å²) in [6.07, 6.45) is 2.31. The van der Waals surface area contributed by atoms with Crippen molar-refractivity contribution in [1.82, 2.24) is 0 Å². The van der Waals surface area contributed by atoms with Gasteiger partial charge < -0.3 is 14.2 Å². The van der Waals surface area contributed by atoms with Crippen LogP contribution in [0.4, 0.5) is 0 Å². The van der Waals surface area contributed by atoms with Crippen LogP contribution in [0.25, 0.3) is 0 Å². The fraction of sp³-hybridized carbons (Fsp3) is 0.600. The van der Waals surface area contributed by atoms with E-state index in [0.717, 1.165) is 23.9 Å². The average molecular weight is 376 g/mol. The van der Waals surface area contributed by atoms with Crippen LogP contribution in [0.1, 0.15) is 18.4 Å². The zero-order valence-electron chi connectivity index (χ0n) is 11.3. The van der Waals surface area contributed by atoms with Gasteiger partial charge in [-0.1, -0.05) is 52.9 Å². The second-order valence-electron chi connectivity index (χ2n) is 4.82. The van der Waals surface area contributed by atoms with E-state index >= 15 is 0 Å². The topological polar surface area (TPSA) is 27.7 Å². The lowest BCUT2D eigenvalue weighted by Crippen LogP contribution is -2.19. The minimum absolute atomic E-state index is 0.0288. The fourth-order valence-electron chi connectivity index (χ4n) is 2.38. The molecular formula is C15H21IO3. The Morgan fingerprint density at radius 1 is 1.32 bits per heavy atom. The maximum absolute atomic E-state index is 5.80. The minimum Gasteiger partial charge on any atom is -0.377 e.